The highest BCUT2D eigenvalue weighted by Gasteiger charge is 2.42. The molecule has 10 heteroatoms. The molecule has 20 heavy (non-hydrogen) atoms. The number of benzene rings is 1. The van der Waals surface area contributed by atoms with Crippen LogP contribution in [0.5, 0.6) is 11.5 Å². The lowest BCUT2D eigenvalue weighted by Gasteiger charge is -2.15. The first-order valence-electron chi connectivity index (χ1n) is 4.95. The van der Waals surface area contributed by atoms with Crippen LogP contribution in [0.15, 0.2) is 6.07 Å². The van der Waals surface area contributed by atoms with E-state index in [9.17, 15) is 28.1 Å². The predicted octanol–water partition coefficient (Wildman–Crippen LogP) is 1.73. The van der Waals surface area contributed by atoms with Gasteiger partial charge in [-0.25, -0.2) is 0 Å². The fraction of sp³-hybridized carbons (Fsp3) is 0.300. The van der Waals surface area contributed by atoms with Crippen LogP contribution >= 0.6 is 0 Å². The summed E-state index contributed by atoms with van der Waals surface area (Å²) in [5.41, 5.74) is 0.799. The number of hydrogen-bond donors (Lipinski definition) is 1. The molecule has 1 aromatic carbocycles. The van der Waals surface area contributed by atoms with Crippen LogP contribution in [-0.2, 0) is 6.18 Å². The average molecular weight is 294 g/mol. The number of nitro groups is 1. The SMILES string of the molecule is COc1cc(C(F)(F)F)c(C(N)=O)c([N+](=O)[O-])c1OC. The number of hydrogen-bond acceptors (Lipinski definition) is 5. The van der Waals surface area contributed by atoms with E-state index < -0.39 is 45.3 Å². The molecule has 0 bridgehead atoms. The van der Waals surface area contributed by atoms with Gasteiger partial charge in [0.25, 0.3) is 5.91 Å². The smallest absolute Gasteiger partial charge is 0.417 e. The van der Waals surface area contributed by atoms with E-state index in [2.05, 4.69) is 9.47 Å². The Morgan fingerprint density at radius 3 is 2.20 bits per heavy atom. The number of rotatable bonds is 4. The quantitative estimate of drug-likeness (QED) is 0.672. The van der Waals surface area contributed by atoms with Gasteiger partial charge in [-0.05, 0) is 6.07 Å². The lowest BCUT2D eigenvalue weighted by atomic mass is 10.0. The molecule has 7 nitrogen and oxygen atoms in total. The number of nitrogens with two attached hydrogens (primary N) is 1. The number of ether oxygens (including phenoxy) is 2. The molecule has 0 atom stereocenters. The van der Waals surface area contributed by atoms with Crippen LogP contribution in [0.4, 0.5) is 18.9 Å². The van der Waals surface area contributed by atoms with Crippen LogP contribution < -0.4 is 15.2 Å². The molecule has 0 aromatic heterocycles. The molecule has 1 amide bonds. The van der Waals surface area contributed by atoms with Gasteiger partial charge < -0.3 is 15.2 Å². The molecule has 0 spiro atoms. The zero-order valence-electron chi connectivity index (χ0n) is 10.3. The molecule has 0 aliphatic heterocycles. The van der Waals surface area contributed by atoms with Gasteiger partial charge in [0.2, 0.25) is 5.75 Å². The Balaban J connectivity index is 3.93. The highest BCUT2D eigenvalue weighted by Crippen LogP contribution is 2.46. The Kier molecular flexibility index (Phi) is 4.06. The molecule has 110 valence electrons. The van der Waals surface area contributed by atoms with E-state index in [4.69, 9.17) is 5.73 Å². The maximum Gasteiger partial charge on any atom is 0.417 e. The first-order valence-corrected chi connectivity index (χ1v) is 4.95. The van der Waals surface area contributed by atoms with Crippen LogP contribution in [-0.4, -0.2) is 25.1 Å². The molecule has 0 saturated carbocycles. The summed E-state index contributed by atoms with van der Waals surface area (Å²) >= 11 is 0. The maximum absolute atomic E-state index is 12.9. The second-order valence-electron chi connectivity index (χ2n) is 3.50. The molecule has 0 fully saturated rings. The molecule has 0 aliphatic rings. The van der Waals surface area contributed by atoms with E-state index in [-0.39, 0.29) is 0 Å². The molecule has 0 unspecified atom stereocenters. The number of methoxy groups -OCH3 is 2. The van der Waals surface area contributed by atoms with Crippen molar-refractivity contribution >= 4 is 11.6 Å². The normalized spacial score (nSPS) is 11.1. The summed E-state index contributed by atoms with van der Waals surface area (Å²) in [6, 6.07) is 0.423. The predicted molar refractivity (Wildman–Crippen MR) is 59.7 cm³/mol. The minimum absolute atomic E-state index is 0.423. The van der Waals surface area contributed by atoms with Crippen molar-refractivity contribution in [3.8, 4) is 11.5 Å². The summed E-state index contributed by atoms with van der Waals surface area (Å²) in [5.74, 6) is -2.74. The number of amides is 1. The minimum Gasteiger partial charge on any atom is -0.493 e. The molecule has 1 rings (SSSR count). The molecule has 0 heterocycles. The highest BCUT2D eigenvalue weighted by atomic mass is 19.4. The number of carbonyl (C=O) groups is 1. The number of carbonyl (C=O) groups excluding carboxylic acids is 1. The van der Waals surface area contributed by atoms with Crippen molar-refractivity contribution in [1.82, 2.24) is 0 Å². The third-order valence-electron chi connectivity index (χ3n) is 2.38. The first-order chi connectivity index (χ1) is 9.15. The van der Waals surface area contributed by atoms with E-state index >= 15 is 0 Å². The third kappa shape index (κ3) is 2.58. The van der Waals surface area contributed by atoms with Gasteiger partial charge in [-0.3, -0.25) is 14.9 Å². The summed E-state index contributed by atoms with van der Waals surface area (Å²) in [6.07, 6.45) is -5.02. The van der Waals surface area contributed by atoms with Gasteiger partial charge in [-0.15, -0.1) is 0 Å². The van der Waals surface area contributed by atoms with Crippen LogP contribution in [0.2, 0.25) is 0 Å². The highest BCUT2D eigenvalue weighted by molar-refractivity contribution is 6.00. The van der Waals surface area contributed by atoms with Crippen LogP contribution in [0.3, 0.4) is 0 Å². The van der Waals surface area contributed by atoms with Crippen molar-refractivity contribution in [2.75, 3.05) is 14.2 Å². The van der Waals surface area contributed by atoms with Gasteiger partial charge >= 0.3 is 11.9 Å². The first kappa shape index (κ1) is 15.5. The van der Waals surface area contributed by atoms with Crippen molar-refractivity contribution in [1.29, 1.82) is 0 Å². The van der Waals surface area contributed by atoms with Gasteiger partial charge in [0, 0.05) is 0 Å². The third-order valence-corrected chi connectivity index (χ3v) is 2.38. The Morgan fingerprint density at radius 1 is 1.35 bits per heavy atom. The summed E-state index contributed by atoms with van der Waals surface area (Å²) < 4.78 is 47.9. The maximum atomic E-state index is 12.9. The van der Waals surface area contributed by atoms with Crippen LogP contribution in [0, 0.1) is 10.1 Å². The molecular weight excluding hydrogens is 285 g/mol. The molecule has 0 aliphatic carbocycles. The largest absolute Gasteiger partial charge is 0.493 e. The van der Waals surface area contributed by atoms with Gasteiger partial charge in [0.05, 0.1) is 24.7 Å². The van der Waals surface area contributed by atoms with E-state index in [1.54, 1.807) is 0 Å². The molecule has 0 saturated heterocycles. The molecule has 2 N–H and O–H groups in total. The zero-order valence-corrected chi connectivity index (χ0v) is 10.3. The van der Waals surface area contributed by atoms with Gasteiger partial charge in [0.15, 0.2) is 5.75 Å². The summed E-state index contributed by atoms with van der Waals surface area (Å²) in [6.45, 7) is 0. The number of halogens is 3. The van der Waals surface area contributed by atoms with E-state index in [0.29, 0.717) is 6.07 Å². The number of primary amides is 1. The van der Waals surface area contributed by atoms with Crippen LogP contribution in [0.1, 0.15) is 15.9 Å². The monoisotopic (exact) mass is 294 g/mol. The standard InChI is InChI=1S/C10H9F3N2O5/c1-19-5-3-4(10(11,12)13)6(9(14)16)7(15(17)18)8(5)20-2/h3H,1-2H3,(H2,14,16). The lowest BCUT2D eigenvalue weighted by molar-refractivity contribution is -0.386. The van der Waals surface area contributed by atoms with Gasteiger partial charge in [-0.1, -0.05) is 0 Å². The van der Waals surface area contributed by atoms with Crippen molar-refractivity contribution in [3.63, 3.8) is 0 Å². The van der Waals surface area contributed by atoms with Gasteiger partial charge in [-0.2, -0.15) is 13.2 Å². The van der Waals surface area contributed by atoms with E-state index in [0.717, 1.165) is 14.2 Å². The second kappa shape index (κ2) is 5.23. The molecule has 1 aromatic rings. The Labute approximate surface area is 110 Å². The van der Waals surface area contributed by atoms with Crippen LogP contribution in [0.25, 0.3) is 0 Å². The fourth-order valence-corrected chi connectivity index (χ4v) is 1.62. The number of nitro benzene ring substituents is 1. The van der Waals surface area contributed by atoms with E-state index in [1.807, 2.05) is 0 Å². The Bertz CT molecular complexity index is 571. The van der Waals surface area contributed by atoms with Crippen molar-refractivity contribution in [2.24, 2.45) is 5.73 Å². The number of alkyl halides is 3. The summed E-state index contributed by atoms with van der Waals surface area (Å²) in [7, 11) is 1.99. The molecular formula is C10H9F3N2O5. The van der Waals surface area contributed by atoms with Gasteiger partial charge in [0.1, 0.15) is 5.56 Å². The Morgan fingerprint density at radius 2 is 1.90 bits per heavy atom. The molecule has 0 radical (unpaired) electrons. The Hall–Kier alpha value is -2.52. The van der Waals surface area contributed by atoms with Crippen molar-refractivity contribution < 1.29 is 32.4 Å². The second-order valence-corrected chi connectivity index (χ2v) is 3.50. The summed E-state index contributed by atoms with van der Waals surface area (Å²) in [4.78, 5) is 20.9. The lowest BCUT2D eigenvalue weighted by Crippen LogP contribution is -2.21. The average Bonchev–Trinajstić information content (AvgIpc) is 2.34. The summed E-state index contributed by atoms with van der Waals surface area (Å²) in [5, 5.41) is 10.9. The van der Waals surface area contributed by atoms with Crippen molar-refractivity contribution in [2.45, 2.75) is 6.18 Å². The minimum atomic E-state index is -5.02. The number of nitrogens with zero attached hydrogens (tertiary/aromatic N) is 1. The van der Waals surface area contributed by atoms with E-state index in [1.165, 1.54) is 0 Å². The fourth-order valence-electron chi connectivity index (χ4n) is 1.62. The zero-order chi connectivity index (χ0) is 15.7. The van der Waals surface area contributed by atoms with Crippen molar-refractivity contribution in [3.05, 3.63) is 27.3 Å². The topological polar surface area (TPSA) is 105 Å².